The molecule has 20 heavy (non-hydrogen) atoms. The van der Waals surface area contributed by atoms with Crippen molar-refractivity contribution < 1.29 is 22.4 Å². The molecular formula is C10H11F3N4O2S. The average molecular weight is 308 g/mol. The highest BCUT2D eigenvalue weighted by Gasteiger charge is 2.27. The number of nitrogens with two attached hydrogens (primary N) is 1. The Hall–Kier alpha value is -1.68. The standard InChI is InChI=1S/C10H11F3N4O2S/c11-10(12,13)5-18-2-1-7-16-8(19-17-7)3-6-4-20-9(14)15-6/h4H,1-3,5H2,(H2,14,15). The van der Waals surface area contributed by atoms with Crippen molar-refractivity contribution in [2.75, 3.05) is 18.9 Å². The van der Waals surface area contributed by atoms with Crippen LogP contribution in [0.1, 0.15) is 17.4 Å². The van der Waals surface area contributed by atoms with Gasteiger partial charge < -0.3 is 15.0 Å². The third-order valence-electron chi connectivity index (χ3n) is 2.15. The summed E-state index contributed by atoms with van der Waals surface area (Å²) in [6, 6.07) is 0. The van der Waals surface area contributed by atoms with Gasteiger partial charge in [-0.15, -0.1) is 11.3 Å². The van der Waals surface area contributed by atoms with Crippen LogP contribution >= 0.6 is 11.3 Å². The van der Waals surface area contributed by atoms with Crippen molar-refractivity contribution in [1.82, 2.24) is 15.1 Å². The Bertz CT molecular complexity index is 555. The van der Waals surface area contributed by atoms with Crippen LogP contribution in [0.15, 0.2) is 9.90 Å². The predicted octanol–water partition coefficient (Wildman–Crippen LogP) is 1.82. The molecule has 0 aliphatic rings. The van der Waals surface area contributed by atoms with Gasteiger partial charge in [0.25, 0.3) is 0 Å². The van der Waals surface area contributed by atoms with Crippen molar-refractivity contribution in [3.63, 3.8) is 0 Å². The molecule has 0 radical (unpaired) electrons. The quantitative estimate of drug-likeness (QED) is 0.819. The number of hydrogen-bond donors (Lipinski definition) is 1. The molecule has 0 saturated heterocycles. The molecule has 2 aromatic rings. The Balaban J connectivity index is 1.77. The molecule has 0 unspecified atom stereocenters. The zero-order valence-electron chi connectivity index (χ0n) is 10.2. The van der Waals surface area contributed by atoms with E-state index in [0.29, 0.717) is 29.0 Å². The second-order valence-corrected chi connectivity index (χ2v) is 4.77. The zero-order valence-corrected chi connectivity index (χ0v) is 11.0. The molecule has 0 aromatic carbocycles. The molecule has 0 atom stereocenters. The van der Waals surface area contributed by atoms with Gasteiger partial charge >= 0.3 is 6.18 Å². The van der Waals surface area contributed by atoms with Crippen molar-refractivity contribution in [3.8, 4) is 0 Å². The van der Waals surface area contributed by atoms with Crippen molar-refractivity contribution in [2.24, 2.45) is 0 Å². The molecule has 10 heteroatoms. The first-order valence-electron chi connectivity index (χ1n) is 5.58. The zero-order chi connectivity index (χ0) is 14.6. The van der Waals surface area contributed by atoms with Gasteiger partial charge in [0.1, 0.15) is 6.61 Å². The van der Waals surface area contributed by atoms with Gasteiger partial charge in [-0.25, -0.2) is 4.98 Å². The lowest BCUT2D eigenvalue weighted by Crippen LogP contribution is -2.18. The molecule has 2 N–H and O–H groups in total. The van der Waals surface area contributed by atoms with Gasteiger partial charge in [-0.2, -0.15) is 18.2 Å². The topological polar surface area (TPSA) is 87.1 Å². The van der Waals surface area contributed by atoms with E-state index in [1.54, 1.807) is 5.38 Å². The van der Waals surface area contributed by atoms with Crippen LogP contribution in [-0.4, -0.2) is 34.5 Å². The molecule has 0 spiro atoms. The lowest BCUT2D eigenvalue weighted by atomic mass is 10.3. The van der Waals surface area contributed by atoms with Gasteiger partial charge in [0.05, 0.1) is 18.7 Å². The third kappa shape index (κ3) is 4.78. The summed E-state index contributed by atoms with van der Waals surface area (Å²) >= 11 is 1.30. The number of rotatable bonds is 6. The second kappa shape index (κ2) is 6.18. The predicted molar refractivity (Wildman–Crippen MR) is 64.2 cm³/mol. The lowest BCUT2D eigenvalue weighted by Gasteiger charge is -2.05. The smallest absolute Gasteiger partial charge is 0.375 e. The number of thiazole rings is 1. The second-order valence-electron chi connectivity index (χ2n) is 3.88. The number of anilines is 1. The molecule has 0 fully saturated rings. The Morgan fingerprint density at radius 1 is 1.35 bits per heavy atom. The summed E-state index contributed by atoms with van der Waals surface area (Å²) in [4.78, 5) is 8.07. The van der Waals surface area contributed by atoms with E-state index in [-0.39, 0.29) is 13.0 Å². The maximum Gasteiger partial charge on any atom is 0.411 e. The Kier molecular flexibility index (Phi) is 4.55. The largest absolute Gasteiger partial charge is 0.411 e. The first-order chi connectivity index (χ1) is 9.42. The van der Waals surface area contributed by atoms with E-state index in [0.717, 1.165) is 0 Å². The van der Waals surface area contributed by atoms with E-state index in [2.05, 4.69) is 19.9 Å². The number of nitrogens with zero attached hydrogens (tertiary/aromatic N) is 3. The van der Waals surface area contributed by atoms with Gasteiger partial charge in [0.15, 0.2) is 11.0 Å². The fourth-order valence-corrected chi connectivity index (χ4v) is 1.94. The van der Waals surface area contributed by atoms with Gasteiger partial charge in [-0.3, -0.25) is 0 Å². The Morgan fingerprint density at radius 3 is 2.80 bits per heavy atom. The van der Waals surface area contributed by atoms with Crippen molar-refractivity contribution >= 4 is 16.5 Å². The molecule has 6 nitrogen and oxygen atoms in total. The molecule has 0 saturated carbocycles. The minimum absolute atomic E-state index is 0.123. The van der Waals surface area contributed by atoms with Crippen molar-refractivity contribution in [1.29, 1.82) is 0 Å². The monoisotopic (exact) mass is 308 g/mol. The molecule has 0 bridgehead atoms. The number of nitrogen functional groups attached to an aromatic ring is 1. The number of aromatic nitrogens is 3. The van der Waals surface area contributed by atoms with Crippen LogP contribution in [0.2, 0.25) is 0 Å². The molecule has 0 aliphatic heterocycles. The molecular weight excluding hydrogens is 297 g/mol. The summed E-state index contributed by atoms with van der Waals surface area (Å²) < 4.78 is 44.9. The Morgan fingerprint density at radius 2 is 2.15 bits per heavy atom. The first kappa shape index (κ1) is 14.7. The van der Waals surface area contributed by atoms with Crippen LogP contribution in [-0.2, 0) is 17.6 Å². The fraction of sp³-hybridized carbons (Fsp3) is 0.500. The third-order valence-corrected chi connectivity index (χ3v) is 2.87. The van der Waals surface area contributed by atoms with Gasteiger partial charge in [-0.1, -0.05) is 5.16 Å². The van der Waals surface area contributed by atoms with E-state index in [4.69, 9.17) is 10.3 Å². The molecule has 0 amide bonds. The highest BCUT2D eigenvalue weighted by molar-refractivity contribution is 7.13. The van der Waals surface area contributed by atoms with Crippen molar-refractivity contribution in [3.05, 3.63) is 22.8 Å². The Labute approximate surface area is 115 Å². The minimum atomic E-state index is -4.33. The summed E-state index contributed by atoms with van der Waals surface area (Å²) in [5.41, 5.74) is 6.19. The summed E-state index contributed by atoms with van der Waals surface area (Å²) in [6.07, 6.45) is -3.84. The number of ether oxygens (including phenoxy) is 1. The summed E-state index contributed by atoms with van der Waals surface area (Å²) in [6.45, 7) is -1.40. The fourth-order valence-electron chi connectivity index (χ4n) is 1.37. The van der Waals surface area contributed by atoms with Crippen molar-refractivity contribution in [2.45, 2.75) is 19.0 Å². The highest BCUT2D eigenvalue weighted by atomic mass is 32.1. The summed E-state index contributed by atoms with van der Waals surface area (Å²) in [5, 5.41) is 5.86. The van der Waals surface area contributed by atoms with Crippen LogP contribution in [0.4, 0.5) is 18.3 Å². The van der Waals surface area contributed by atoms with Crippen LogP contribution in [0.5, 0.6) is 0 Å². The molecule has 2 rings (SSSR count). The van der Waals surface area contributed by atoms with E-state index in [1.165, 1.54) is 11.3 Å². The van der Waals surface area contributed by atoms with Crippen LogP contribution in [0.25, 0.3) is 0 Å². The number of alkyl halides is 3. The molecule has 0 aliphatic carbocycles. The van der Waals surface area contributed by atoms with Gasteiger partial charge in [0.2, 0.25) is 5.89 Å². The van der Waals surface area contributed by atoms with E-state index < -0.39 is 12.8 Å². The first-order valence-corrected chi connectivity index (χ1v) is 6.46. The van der Waals surface area contributed by atoms with Gasteiger partial charge in [-0.05, 0) is 0 Å². The number of halogens is 3. The van der Waals surface area contributed by atoms with Crippen LogP contribution in [0, 0.1) is 0 Å². The molecule has 2 aromatic heterocycles. The maximum atomic E-state index is 11.8. The van der Waals surface area contributed by atoms with E-state index >= 15 is 0 Å². The average Bonchev–Trinajstić information content (AvgIpc) is 2.94. The lowest BCUT2D eigenvalue weighted by molar-refractivity contribution is -0.173. The molecule has 2 heterocycles. The maximum absolute atomic E-state index is 11.8. The highest BCUT2D eigenvalue weighted by Crippen LogP contribution is 2.15. The summed E-state index contributed by atoms with van der Waals surface area (Å²) in [7, 11) is 0. The summed E-state index contributed by atoms with van der Waals surface area (Å²) in [5.74, 6) is 0.631. The number of hydrogen-bond acceptors (Lipinski definition) is 7. The minimum Gasteiger partial charge on any atom is -0.375 e. The van der Waals surface area contributed by atoms with E-state index in [1.807, 2.05) is 0 Å². The van der Waals surface area contributed by atoms with Crippen LogP contribution < -0.4 is 5.73 Å². The van der Waals surface area contributed by atoms with E-state index in [9.17, 15) is 13.2 Å². The normalized spacial score (nSPS) is 11.9. The SMILES string of the molecule is Nc1nc(Cc2nc(CCOCC(F)(F)F)no2)cs1. The van der Waals surface area contributed by atoms with Crippen LogP contribution in [0.3, 0.4) is 0 Å². The molecule has 110 valence electrons. The van der Waals surface area contributed by atoms with Gasteiger partial charge in [0, 0.05) is 11.8 Å².